The van der Waals surface area contributed by atoms with Gasteiger partial charge in [-0.25, -0.2) is 9.59 Å². The van der Waals surface area contributed by atoms with E-state index in [0.717, 1.165) is 7.11 Å². The van der Waals surface area contributed by atoms with Crippen LogP contribution in [-0.4, -0.2) is 35.2 Å². The van der Waals surface area contributed by atoms with E-state index in [4.69, 9.17) is 10.3 Å². The standard InChI is InChI=1S/C8H12N2O4/c1-8(2,3)14-7(12)5(10-9)6(11)13-4/h1-4H3. The second kappa shape index (κ2) is 4.53. The Morgan fingerprint density at radius 2 is 1.71 bits per heavy atom. The third-order valence-electron chi connectivity index (χ3n) is 1.07. The molecule has 0 saturated carbocycles. The molecule has 0 saturated heterocycles. The van der Waals surface area contributed by atoms with E-state index in [9.17, 15) is 9.59 Å². The molecule has 0 radical (unpaired) electrons. The van der Waals surface area contributed by atoms with Crippen LogP contribution in [0.5, 0.6) is 0 Å². The summed E-state index contributed by atoms with van der Waals surface area (Å²) in [6.07, 6.45) is 0. The Kier molecular flexibility index (Phi) is 3.98. The molecular formula is C8H12N2O4. The van der Waals surface area contributed by atoms with Crippen LogP contribution in [0.3, 0.4) is 0 Å². The number of ether oxygens (including phenoxy) is 2. The highest BCUT2D eigenvalue weighted by atomic mass is 16.6. The molecule has 0 spiro atoms. The Labute approximate surface area is 81.4 Å². The number of carbonyl (C=O) groups excluding carboxylic acids is 2. The second-order valence-electron chi connectivity index (χ2n) is 3.44. The van der Waals surface area contributed by atoms with E-state index >= 15 is 0 Å². The molecule has 0 bridgehead atoms. The van der Waals surface area contributed by atoms with E-state index in [2.05, 4.69) is 9.53 Å². The minimum atomic E-state index is -1.04. The van der Waals surface area contributed by atoms with Gasteiger partial charge in [-0.15, -0.1) is 0 Å². The molecule has 0 amide bonds. The minimum absolute atomic E-state index is 0.763. The van der Waals surface area contributed by atoms with Crippen molar-refractivity contribution in [1.29, 1.82) is 0 Å². The molecule has 0 rings (SSSR count). The Morgan fingerprint density at radius 3 is 2.00 bits per heavy atom. The van der Waals surface area contributed by atoms with Gasteiger partial charge >= 0.3 is 17.7 Å². The van der Waals surface area contributed by atoms with Gasteiger partial charge in [0.1, 0.15) is 5.60 Å². The zero-order valence-electron chi connectivity index (χ0n) is 8.53. The van der Waals surface area contributed by atoms with E-state index in [0.29, 0.717) is 0 Å². The fraction of sp³-hybridized carbons (Fsp3) is 0.625. The minimum Gasteiger partial charge on any atom is -0.460 e. The van der Waals surface area contributed by atoms with Gasteiger partial charge < -0.3 is 15.0 Å². The number of nitrogens with zero attached hydrogens (tertiary/aromatic N) is 2. The lowest BCUT2D eigenvalue weighted by Gasteiger charge is -2.17. The molecule has 0 heterocycles. The monoisotopic (exact) mass is 200 g/mol. The Hall–Kier alpha value is -1.68. The van der Waals surface area contributed by atoms with E-state index in [-0.39, 0.29) is 0 Å². The van der Waals surface area contributed by atoms with Crippen molar-refractivity contribution in [3.8, 4) is 0 Å². The molecule has 6 heteroatoms. The number of hydrogen-bond donors (Lipinski definition) is 0. The van der Waals surface area contributed by atoms with Crippen LogP contribution in [0.4, 0.5) is 0 Å². The predicted molar refractivity (Wildman–Crippen MR) is 46.5 cm³/mol. The van der Waals surface area contributed by atoms with Crippen LogP contribution in [-0.2, 0) is 19.1 Å². The molecule has 0 N–H and O–H groups in total. The largest absolute Gasteiger partial charge is 0.482 e. The van der Waals surface area contributed by atoms with E-state index in [1.807, 2.05) is 0 Å². The maximum atomic E-state index is 11.2. The molecular weight excluding hydrogens is 188 g/mol. The average molecular weight is 200 g/mol. The van der Waals surface area contributed by atoms with Gasteiger partial charge in [0.2, 0.25) is 0 Å². The highest BCUT2D eigenvalue weighted by Gasteiger charge is 2.35. The quantitative estimate of drug-likeness (QED) is 0.209. The maximum Gasteiger partial charge on any atom is 0.482 e. The molecule has 0 aliphatic carbocycles. The highest BCUT2D eigenvalue weighted by molar-refractivity contribution is 6.60. The Balaban J connectivity index is 4.68. The van der Waals surface area contributed by atoms with Gasteiger partial charge in [0.05, 0.1) is 7.11 Å². The van der Waals surface area contributed by atoms with Crippen LogP contribution < -0.4 is 0 Å². The first-order valence-corrected chi connectivity index (χ1v) is 3.85. The summed E-state index contributed by atoms with van der Waals surface area (Å²) >= 11 is 0. The van der Waals surface area contributed by atoms with Crippen LogP contribution in [0.15, 0.2) is 0 Å². The number of esters is 2. The van der Waals surface area contributed by atoms with Gasteiger partial charge in [-0.2, -0.15) is 4.79 Å². The summed E-state index contributed by atoms with van der Waals surface area (Å²) in [4.78, 5) is 24.5. The molecule has 14 heavy (non-hydrogen) atoms. The lowest BCUT2D eigenvalue weighted by atomic mass is 10.2. The molecule has 0 fully saturated rings. The van der Waals surface area contributed by atoms with Crippen molar-refractivity contribution in [2.24, 2.45) is 0 Å². The molecule has 78 valence electrons. The molecule has 0 atom stereocenters. The first kappa shape index (κ1) is 12.3. The van der Waals surface area contributed by atoms with Crippen molar-refractivity contribution in [1.82, 2.24) is 0 Å². The third kappa shape index (κ3) is 3.82. The number of hydrogen-bond acceptors (Lipinski definition) is 4. The summed E-state index contributed by atoms with van der Waals surface area (Å²) in [7, 11) is 1.07. The van der Waals surface area contributed by atoms with Gasteiger partial charge in [0.15, 0.2) is 0 Å². The Bertz CT molecular complexity index is 297. The second-order valence-corrected chi connectivity index (χ2v) is 3.44. The molecule has 0 unspecified atom stereocenters. The van der Waals surface area contributed by atoms with Crippen molar-refractivity contribution in [3.63, 3.8) is 0 Å². The molecule has 0 aliphatic heterocycles. The van der Waals surface area contributed by atoms with E-state index in [1.54, 1.807) is 20.8 Å². The fourth-order valence-corrected chi connectivity index (χ4v) is 0.588. The van der Waals surface area contributed by atoms with Crippen molar-refractivity contribution in [2.75, 3.05) is 7.11 Å². The topological polar surface area (TPSA) is 89.0 Å². The summed E-state index contributed by atoms with van der Waals surface area (Å²) in [6.45, 7) is 4.87. The molecule has 6 nitrogen and oxygen atoms in total. The van der Waals surface area contributed by atoms with Gasteiger partial charge in [-0.05, 0) is 20.8 Å². The molecule has 0 aromatic carbocycles. The number of methoxy groups -OCH3 is 1. The first-order chi connectivity index (χ1) is 6.31. The zero-order valence-corrected chi connectivity index (χ0v) is 8.53. The first-order valence-electron chi connectivity index (χ1n) is 3.85. The highest BCUT2D eigenvalue weighted by Crippen LogP contribution is 2.07. The van der Waals surface area contributed by atoms with Crippen LogP contribution in [0.2, 0.25) is 0 Å². The third-order valence-corrected chi connectivity index (χ3v) is 1.07. The van der Waals surface area contributed by atoms with Crippen molar-refractivity contribution in [2.45, 2.75) is 26.4 Å². The predicted octanol–water partition coefficient (Wildman–Crippen LogP) is 0.172. The van der Waals surface area contributed by atoms with Crippen molar-refractivity contribution < 1.29 is 23.9 Å². The van der Waals surface area contributed by atoms with Crippen LogP contribution in [0, 0.1) is 0 Å². The smallest absolute Gasteiger partial charge is 0.460 e. The molecule has 0 aromatic heterocycles. The normalized spacial score (nSPS) is 10.0. The molecule has 0 aromatic rings. The summed E-state index contributed by atoms with van der Waals surface area (Å²) in [5.74, 6) is -2.06. The zero-order chi connectivity index (χ0) is 11.4. The number of carbonyl (C=O) groups is 2. The van der Waals surface area contributed by atoms with Gasteiger partial charge in [-0.3, -0.25) is 0 Å². The van der Waals surface area contributed by atoms with Gasteiger partial charge in [-0.1, -0.05) is 0 Å². The van der Waals surface area contributed by atoms with Gasteiger partial charge in [0, 0.05) is 0 Å². The lowest BCUT2D eigenvalue weighted by Crippen LogP contribution is -2.34. The maximum absolute atomic E-state index is 11.2. The molecule has 0 aliphatic rings. The van der Waals surface area contributed by atoms with Crippen molar-refractivity contribution >= 4 is 17.7 Å². The summed E-state index contributed by atoms with van der Waals surface area (Å²) in [5.41, 5.74) is 6.84. The van der Waals surface area contributed by atoms with Crippen LogP contribution >= 0.6 is 0 Å². The van der Waals surface area contributed by atoms with Crippen molar-refractivity contribution in [3.05, 3.63) is 5.53 Å². The summed E-state index contributed by atoms with van der Waals surface area (Å²) in [5, 5.41) is 0. The average Bonchev–Trinajstić information content (AvgIpc) is 2.01. The van der Waals surface area contributed by atoms with Crippen LogP contribution in [0.1, 0.15) is 20.8 Å². The fourth-order valence-electron chi connectivity index (χ4n) is 0.588. The van der Waals surface area contributed by atoms with Gasteiger partial charge in [0.25, 0.3) is 0 Å². The summed E-state index contributed by atoms with van der Waals surface area (Å²) in [6, 6.07) is 0. The summed E-state index contributed by atoms with van der Waals surface area (Å²) < 4.78 is 8.99. The van der Waals surface area contributed by atoms with Crippen LogP contribution in [0.25, 0.3) is 5.53 Å². The SMILES string of the molecule is COC(=O)C(=[N+]=[N-])C(=O)OC(C)(C)C. The van der Waals surface area contributed by atoms with E-state index in [1.165, 1.54) is 0 Å². The lowest BCUT2D eigenvalue weighted by molar-refractivity contribution is -0.155. The number of rotatable bonds is 2. The Morgan fingerprint density at radius 1 is 1.21 bits per heavy atom. The van der Waals surface area contributed by atoms with E-state index < -0.39 is 23.3 Å².